The highest BCUT2D eigenvalue weighted by atomic mass is 32.1. The highest BCUT2D eigenvalue weighted by molar-refractivity contribution is 7.21. The van der Waals surface area contributed by atoms with Crippen LogP contribution in [0.5, 0.6) is 0 Å². The summed E-state index contributed by atoms with van der Waals surface area (Å²) in [5.41, 5.74) is 23.9. The van der Waals surface area contributed by atoms with Gasteiger partial charge in [0.15, 0.2) is 0 Å². The summed E-state index contributed by atoms with van der Waals surface area (Å²) in [6, 6.07) is 120. The van der Waals surface area contributed by atoms with Gasteiger partial charge in [-0.1, -0.05) is 218 Å². The second kappa shape index (κ2) is 20.9. The largest absolute Gasteiger partial charge is 0.309 e. The summed E-state index contributed by atoms with van der Waals surface area (Å²) in [5.74, 6) is 0. The maximum Gasteiger partial charge on any atom is 0.109 e. The highest BCUT2D eigenvalue weighted by Crippen LogP contribution is 2.49. The molecular weight excluding hydrogens is 1200 g/mol. The van der Waals surface area contributed by atoms with Gasteiger partial charge in [-0.05, 0) is 153 Å². The molecule has 6 nitrogen and oxygen atoms in total. The van der Waals surface area contributed by atoms with Gasteiger partial charge in [0, 0.05) is 76.6 Å². The van der Waals surface area contributed by atoms with E-state index < -0.39 is 0 Å². The first kappa shape index (κ1) is 53.8. The molecule has 97 heavy (non-hydrogen) atoms. The lowest BCUT2D eigenvalue weighted by Crippen LogP contribution is -1.95. The molecule has 0 aliphatic heterocycles. The number of nitrogens with zero attached hydrogens (tertiary/aromatic N) is 6. The van der Waals surface area contributed by atoms with E-state index in [0.717, 1.165) is 121 Å². The molecule has 15 aromatic carbocycles. The molecule has 0 unspecified atom stereocenters. The van der Waals surface area contributed by atoms with Gasteiger partial charge in [0.25, 0.3) is 0 Å². The fraction of sp³-hybridized carbons (Fsp3) is 0. The molecule has 0 atom stereocenters. The van der Waals surface area contributed by atoms with E-state index in [9.17, 15) is 0 Å². The molecule has 0 saturated carbocycles. The minimum atomic E-state index is 0.863. The van der Waals surface area contributed by atoms with Crippen molar-refractivity contribution < 1.29 is 0 Å². The van der Waals surface area contributed by atoms with Gasteiger partial charge < -0.3 is 18.3 Å². The Hall–Kier alpha value is -12.7. The van der Waals surface area contributed by atoms with Crippen molar-refractivity contribution in [3.8, 4) is 65.9 Å². The Balaban J connectivity index is 0.815. The lowest BCUT2D eigenvalue weighted by molar-refractivity contribution is 1.18. The van der Waals surface area contributed by atoms with Crippen molar-refractivity contribution in [2.45, 2.75) is 0 Å². The van der Waals surface area contributed by atoms with Crippen LogP contribution in [0.1, 0.15) is 0 Å². The Bertz CT molecular complexity index is 6330. The number of hydrogen-bond acceptors (Lipinski definition) is 3. The van der Waals surface area contributed by atoms with E-state index in [4.69, 9.17) is 9.97 Å². The van der Waals surface area contributed by atoms with Gasteiger partial charge in [-0.3, -0.25) is 0 Å². The summed E-state index contributed by atoms with van der Waals surface area (Å²) < 4.78 is 9.59. The fourth-order valence-electron chi connectivity index (χ4n) is 16.0. The number of para-hydroxylation sites is 8. The summed E-state index contributed by atoms with van der Waals surface area (Å²) in [7, 11) is 0. The van der Waals surface area contributed by atoms with Crippen LogP contribution in [-0.4, -0.2) is 28.2 Å². The standard InChI is InChI=1S/C90H54N6S/c1-3-19-61(20-4-1)95-81-33-17-11-27-71(81)73-49-41-59(53-83(73)95)89-87-88(90(97-89)60-42-50-74-72-28-12-18-34-82(72)96(84(74)54-60)62-21-5-2-6-22-62)92-86-76-52-58(56-37-45-64(46-38-56)94-79-31-15-9-25-69(79)70-26-10-16-32-80(70)94)40-48-66(76)65-47-39-57(51-75(65)85(86)91-87)55-35-43-63(44-36-55)93-77-29-13-7-23-67(77)68-24-8-14-30-78(68)93/h1-54H. The van der Waals surface area contributed by atoms with Crippen molar-refractivity contribution >= 4 is 142 Å². The molecule has 0 N–H and O–H groups in total. The Morgan fingerprint density at radius 1 is 0.175 bits per heavy atom. The molecule has 6 heterocycles. The predicted octanol–water partition coefficient (Wildman–Crippen LogP) is 24.2. The van der Waals surface area contributed by atoms with Crippen molar-refractivity contribution in [2.24, 2.45) is 0 Å². The maximum absolute atomic E-state index is 6.11. The summed E-state index contributed by atoms with van der Waals surface area (Å²) in [6.45, 7) is 0. The Kier molecular flexibility index (Phi) is 11.6. The quantitative estimate of drug-likeness (QED) is 0.142. The Morgan fingerprint density at radius 2 is 0.433 bits per heavy atom. The van der Waals surface area contributed by atoms with E-state index in [0.29, 0.717) is 0 Å². The maximum atomic E-state index is 6.11. The zero-order chi connectivity index (χ0) is 63.4. The smallest absolute Gasteiger partial charge is 0.109 e. The highest BCUT2D eigenvalue weighted by Gasteiger charge is 2.25. The molecule has 21 rings (SSSR count). The summed E-state index contributed by atoms with van der Waals surface area (Å²) in [5, 5.41) is 14.2. The minimum Gasteiger partial charge on any atom is -0.309 e. The zero-order valence-electron chi connectivity index (χ0n) is 52.3. The first-order valence-electron chi connectivity index (χ1n) is 33.1. The lowest BCUT2D eigenvalue weighted by atomic mass is 9.93. The monoisotopic (exact) mass is 1250 g/mol. The van der Waals surface area contributed by atoms with Gasteiger partial charge in [0.05, 0.1) is 64.9 Å². The minimum absolute atomic E-state index is 0.863. The van der Waals surface area contributed by atoms with Crippen LogP contribution < -0.4 is 0 Å². The van der Waals surface area contributed by atoms with Gasteiger partial charge >= 0.3 is 0 Å². The Labute approximate surface area is 560 Å². The topological polar surface area (TPSA) is 45.5 Å². The molecule has 0 bridgehead atoms. The van der Waals surface area contributed by atoms with Crippen molar-refractivity contribution in [1.82, 2.24) is 28.2 Å². The zero-order valence-corrected chi connectivity index (χ0v) is 53.1. The average molecular weight is 1250 g/mol. The molecule has 0 radical (unpaired) electrons. The first-order chi connectivity index (χ1) is 48.1. The normalized spacial score (nSPS) is 12.1. The number of rotatable bonds is 8. The molecule has 0 amide bonds. The number of benzene rings is 15. The van der Waals surface area contributed by atoms with Gasteiger partial charge in [0.2, 0.25) is 0 Å². The van der Waals surface area contributed by atoms with Crippen molar-refractivity contribution in [1.29, 1.82) is 0 Å². The molecule has 450 valence electrons. The van der Waals surface area contributed by atoms with Crippen molar-refractivity contribution in [2.75, 3.05) is 0 Å². The predicted molar refractivity (Wildman–Crippen MR) is 409 cm³/mol. The lowest BCUT2D eigenvalue weighted by Gasteiger charge is -2.14. The van der Waals surface area contributed by atoms with Crippen LogP contribution in [0.15, 0.2) is 328 Å². The van der Waals surface area contributed by atoms with E-state index in [1.54, 1.807) is 11.3 Å². The van der Waals surface area contributed by atoms with Gasteiger partial charge in [-0.25, -0.2) is 9.97 Å². The van der Waals surface area contributed by atoms with Crippen LogP contribution in [0.25, 0.3) is 197 Å². The van der Waals surface area contributed by atoms with Crippen LogP contribution in [0.4, 0.5) is 0 Å². The summed E-state index contributed by atoms with van der Waals surface area (Å²) in [6.07, 6.45) is 0. The molecule has 0 spiro atoms. The third kappa shape index (κ3) is 8.07. The number of hydrogen-bond donors (Lipinski definition) is 0. The summed E-state index contributed by atoms with van der Waals surface area (Å²) >= 11 is 1.79. The third-order valence-electron chi connectivity index (χ3n) is 20.3. The van der Waals surface area contributed by atoms with E-state index >= 15 is 0 Å². The van der Waals surface area contributed by atoms with Crippen LogP contribution >= 0.6 is 11.3 Å². The van der Waals surface area contributed by atoms with Gasteiger partial charge in [-0.2, -0.15) is 0 Å². The number of aromatic nitrogens is 6. The van der Waals surface area contributed by atoms with E-state index in [-0.39, 0.29) is 0 Å². The molecule has 21 aromatic rings. The average Bonchev–Trinajstić information content (AvgIpc) is 1.70. The van der Waals surface area contributed by atoms with Crippen molar-refractivity contribution in [3.63, 3.8) is 0 Å². The van der Waals surface area contributed by atoms with Crippen molar-refractivity contribution in [3.05, 3.63) is 328 Å². The molecule has 0 aliphatic rings. The third-order valence-corrected chi connectivity index (χ3v) is 21.6. The van der Waals surface area contributed by atoms with Gasteiger partial charge in [-0.15, -0.1) is 11.3 Å². The SMILES string of the molecule is c1ccc(-n2c3ccccc3c3ccc(-c4sc(-c5ccc6c7ccccc7n(-c7ccccc7)c6c5)c5nc6c7cc(-c8ccc(-n9c%10ccccc%10c%10ccccc%109)cc8)ccc7c7ccc(-c8ccc(-n9c%10ccccc%10c%10ccccc%109)cc8)cc7c6nc45)cc32)cc1. The van der Waals surface area contributed by atoms with E-state index in [1.165, 1.54) is 76.2 Å². The van der Waals surface area contributed by atoms with E-state index in [1.807, 2.05) is 0 Å². The molecule has 7 heteroatoms. The second-order valence-corrected chi connectivity index (χ2v) is 26.6. The second-order valence-electron chi connectivity index (χ2n) is 25.6. The summed E-state index contributed by atoms with van der Waals surface area (Å²) in [4.78, 5) is 14.3. The van der Waals surface area contributed by atoms with Crippen LogP contribution in [0.3, 0.4) is 0 Å². The molecule has 0 fully saturated rings. The van der Waals surface area contributed by atoms with E-state index in [2.05, 4.69) is 346 Å². The first-order valence-corrected chi connectivity index (χ1v) is 33.9. The number of thiophene rings is 1. The molecule has 6 aromatic heterocycles. The molecular formula is C90H54N6S. The number of fused-ring (bicyclic) bond motifs is 19. The fourth-order valence-corrected chi connectivity index (χ4v) is 17.1. The van der Waals surface area contributed by atoms with Gasteiger partial charge in [0.1, 0.15) is 11.0 Å². The van der Waals surface area contributed by atoms with Crippen LogP contribution in [0, 0.1) is 0 Å². The molecule has 0 aliphatic carbocycles. The molecule has 0 saturated heterocycles. The Morgan fingerprint density at radius 3 is 0.773 bits per heavy atom. The van der Waals surface area contributed by atoms with Crippen LogP contribution in [0.2, 0.25) is 0 Å². The van der Waals surface area contributed by atoms with Crippen LogP contribution in [-0.2, 0) is 0 Å².